The highest BCUT2D eigenvalue weighted by Crippen LogP contribution is 2.59. The van der Waals surface area contributed by atoms with Gasteiger partial charge in [0.1, 0.15) is 22.8 Å². The second-order valence-electron chi connectivity index (χ2n) is 17.9. The molecule has 5 aromatic rings. The van der Waals surface area contributed by atoms with E-state index in [4.69, 9.17) is 21.1 Å². The summed E-state index contributed by atoms with van der Waals surface area (Å²) >= 11 is 6.26. The van der Waals surface area contributed by atoms with E-state index in [2.05, 4.69) is 46.8 Å². The quantitative estimate of drug-likeness (QED) is 0.0728. The predicted octanol–water partition coefficient (Wildman–Crippen LogP) is 7.85. The van der Waals surface area contributed by atoms with Crippen LogP contribution >= 0.6 is 11.6 Å². The number of H-pyrrole nitrogens is 1. The maximum absolute atomic E-state index is 14.0. The minimum Gasteiger partial charge on any atom is -0.455 e. The maximum Gasteiger partial charge on any atom is 0.293 e. The summed E-state index contributed by atoms with van der Waals surface area (Å²) in [7, 11) is -4.57. The molecule has 5 aliphatic rings. The number of allylic oxidation sites excluding steroid dienone is 1. The number of nitro groups is 1. The Morgan fingerprint density at radius 3 is 2.58 bits per heavy atom. The zero-order chi connectivity index (χ0) is 44.0. The Kier molecular flexibility index (Phi) is 11.6. The molecular weight excluding hydrogens is 856 g/mol. The summed E-state index contributed by atoms with van der Waals surface area (Å²) in [5.41, 5.74) is 5.89. The molecule has 3 N–H and O–H groups in total. The predicted molar refractivity (Wildman–Crippen MR) is 246 cm³/mol. The molecule has 0 radical (unpaired) electrons. The van der Waals surface area contributed by atoms with Crippen molar-refractivity contribution in [3.05, 3.63) is 117 Å². The molecule has 1 unspecified atom stereocenters. The van der Waals surface area contributed by atoms with Gasteiger partial charge < -0.3 is 24.7 Å². The van der Waals surface area contributed by atoms with E-state index in [1.807, 2.05) is 18.2 Å². The highest BCUT2D eigenvalue weighted by atomic mass is 35.5. The van der Waals surface area contributed by atoms with Crippen molar-refractivity contribution >= 4 is 61.2 Å². The number of aromatic nitrogens is 2. The molecule has 3 aromatic carbocycles. The van der Waals surface area contributed by atoms with Crippen LogP contribution < -0.4 is 19.7 Å². The van der Waals surface area contributed by atoms with Gasteiger partial charge in [0.25, 0.3) is 21.6 Å². The third-order valence-electron chi connectivity index (χ3n) is 13.5. The van der Waals surface area contributed by atoms with Crippen LogP contribution in [0.1, 0.15) is 60.9 Å². The largest absolute Gasteiger partial charge is 0.455 e. The minimum atomic E-state index is -4.57. The van der Waals surface area contributed by atoms with Gasteiger partial charge in [-0.25, -0.2) is 18.1 Å². The molecule has 3 aliphatic carbocycles. The highest BCUT2D eigenvalue weighted by molar-refractivity contribution is 7.90. The molecule has 0 bridgehead atoms. The first-order valence-electron chi connectivity index (χ1n) is 22.1. The second kappa shape index (κ2) is 17.5. The Hall–Kier alpha value is -5.52. The Morgan fingerprint density at radius 2 is 1.81 bits per heavy atom. The number of nitro benzene ring substituents is 1. The Morgan fingerprint density at radius 1 is 1.00 bits per heavy atom. The number of sulfonamides is 1. The number of pyridine rings is 1. The second-order valence-corrected chi connectivity index (χ2v) is 20.0. The highest BCUT2D eigenvalue weighted by Gasteiger charge is 2.45. The number of ether oxygens (including phenoxy) is 2. The monoisotopic (exact) mass is 906 g/mol. The van der Waals surface area contributed by atoms with E-state index in [0.717, 1.165) is 80.8 Å². The number of morpholine rings is 1. The van der Waals surface area contributed by atoms with Crippen molar-refractivity contribution in [2.45, 2.75) is 62.0 Å². The van der Waals surface area contributed by atoms with Crippen LogP contribution in [-0.4, -0.2) is 110 Å². The normalized spacial score (nSPS) is 20.4. The van der Waals surface area contributed by atoms with Gasteiger partial charge in [0.2, 0.25) is 0 Å². The number of carbonyl (C=O) groups excluding carboxylic acids is 1. The fourth-order valence-corrected chi connectivity index (χ4v) is 10.6. The molecule has 15 nitrogen and oxygen atoms in total. The Labute approximate surface area is 377 Å². The number of piperazine rings is 1. The lowest BCUT2D eigenvalue weighted by atomic mass is 9.78. The molecule has 2 aromatic heterocycles. The van der Waals surface area contributed by atoms with E-state index in [-0.39, 0.29) is 23.1 Å². The van der Waals surface area contributed by atoms with Crippen LogP contribution in [-0.2, 0) is 14.8 Å². The number of carbonyl (C=O) groups is 1. The van der Waals surface area contributed by atoms with E-state index in [1.165, 1.54) is 67.1 Å². The molecule has 64 heavy (non-hydrogen) atoms. The van der Waals surface area contributed by atoms with Crippen molar-refractivity contribution in [1.29, 1.82) is 0 Å². The SMILES string of the molecule is O=C(NS(=O)(=O)c1ccc(NCC2CN(C3CC3)CCO2)c([N+](=O)[O-])c1)c1ccc(N2CCN(CC3=C(c4ccc(Cl)cc4)CC4(CC3)CC4)CC2)cc1Oc1cnc2[nH]ccc2c1. The molecule has 334 valence electrons. The smallest absolute Gasteiger partial charge is 0.293 e. The van der Waals surface area contributed by atoms with Gasteiger partial charge in [-0.1, -0.05) is 29.3 Å². The van der Waals surface area contributed by atoms with E-state index in [9.17, 15) is 23.3 Å². The molecule has 2 aliphatic heterocycles. The van der Waals surface area contributed by atoms with Crippen LogP contribution in [0.25, 0.3) is 16.6 Å². The molecule has 1 atom stereocenters. The van der Waals surface area contributed by atoms with Gasteiger partial charge in [-0.2, -0.15) is 0 Å². The summed E-state index contributed by atoms with van der Waals surface area (Å²) in [6.45, 7) is 6.54. The summed E-state index contributed by atoms with van der Waals surface area (Å²) < 4.78 is 41.9. The number of hydrogen-bond donors (Lipinski definition) is 3. The van der Waals surface area contributed by atoms with Crippen molar-refractivity contribution in [3.63, 3.8) is 0 Å². The number of fused-ring (bicyclic) bond motifs is 1. The van der Waals surface area contributed by atoms with Crippen molar-refractivity contribution in [1.82, 2.24) is 24.5 Å². The first-order valence-corrected chi connectivity index (χ1v) is 24.0. The molecule has 2 saturated heterocycles. The van der Waals surface area contributed by atoms with Crippen molar-refractivity contribution in [2.24, 2.45) is 5.41 Å². The number of amides is 1. The van der Waals surface area contributed by atoms with Crippen molar-refractivity contribution < 1.29 is 27.6 Å². The summed E-state index contributed by atoms with van der Waals surface area (Å²) in [6.07, 6.45) is 11.6. The van der Waals surface area contributed by atoms with E-state index in [1.54, 1.807) is 30.5 Å². The van der Waals surface area contributed by atoms with Gasteiger partial charge in [-0.05, 0) is 110 Å². The number of aromatic amines is 1. The first kappa shape index (κ1) is 42.4. The summed E-state index contributed by atoms with van der Waals surface area (Å²) in [6, 6.07) is 21.1. The molecule has 2 saturated carbocycles. The van der Waals surface area contributed by atoms with E-state index in [0.29, 0.717) is 36.0 Å². The Balaban J connectivity index is 0.851. The Bertz CT molecular complexity index is 2730. The number of hydrogen-bond acceptors (Lipinski definition) is 12. The fraction of sp³-hybridized carbons (Fsp3) is 0.404. The lowest BCUT2D eigenvalue weighted by Crippen LogP contribution is -2.47. The van der Waals surface area contributed by atoms with Crippen LogP contribution in [0.15, 0.2) is 95.7 Å². The molecule has 1 amide bonds. The van der Waals surface area contributed by atoms with Crippen LogP contribution in [0.3, 0.4) is 0 Å². The number of anilines is 2. The standard InChI is InChI=1S/C47H51ClN8O7S/c48-34-3-1-31(2-4-34)41-26-47(14-15-47)13-11-33(41)29-53-17-19-54(20-18-53)36-7-9-40(44(24-36)63-37-23-32-12-16-49-45(32)51-27-37)46(57)52-64(60,61)39-8-10-42(43(25-39)56(58)59)50-28-38-30-55(21-22-62-38)35-5-6-35/h1-4,7-10,12,16,23-25,27,35,38,50H,5-6,11,13-15,17-22,26,28-30H2,(H,49,51)(H,52,57). The number of benzene rings is 3. The zero-order valence-corrected chi connectivity index (χ0v) is 37.0. The summed E-state index contributed by atoms with van der Waals surface area (Å²) in [5, 5.41) is 16.8. The lowest BCUT2D eigenvalue weighted by Gasteiger charge is -2.38. The third kappa shape index (κ3) is 9.33. The molecule has 4 fully saturated rings. The zero-order valence-electron chi connectivity index (χ0n) is 35.4. The van der Waals surface area contributed by atoms with Crippen LogP contribution in [0, 0.1) is 15.5 Å². The van der Waals surface area contributed by atoms with Crippen LogP contribution in [0.4, 0.5) is 17.1 Å². The molecule has 1 spiro atoms. The average Bonchev–Trinajstić information content (AvgIpc) is 4.24. The molecule has 17 heteroatoms. The van der Waals surface area contributed by atoms with Gasteiger partial charge in [-0.3, -0.25) is 24.7 Å². The number of rotatable bonds is 14. The topological polar surface area (TPSA) is 175 Å². The number of nitrogens with one attached hydrogen (secondary N) is 3. The third-order valence-corrected chi connectivity index (χ3v) is 15.1. The van der Waals surface area contributed by atoms with Gasteiger partial charge in [0, 0.05) is 92.8 Å². The van der Waals surface area contributed by atoms with Gasteiger partial charge >= 0.3 is 0 Å². The van der Waals surface area contributed by atoms with Gasteiger partial charge in [0.05, 0.1) is 34.3 Å². The fourth-order valence-electron chi connectivity index (χ4n) is 9.48. The first-order chi connectivity index (χ1) is 31.0. The van der Waals surface area contributed by atoms with E-state index >= 15 is 0 Å². The molecule has 4 heterocycles. The van der Waals surface area contributed by atoms with Crippen LogP contribution in [0.2, 0.25) is 5.02 Å². The van der Waals surface area contributed by atoms with Crippen molar-refractivity contribution in [2.75, 3.05) is 69.2 Å². The average molecular weight is 907 g/mol. The van der Waals surface area contributed by atoms with Crippen LogP contribution in [0.5, 0.6) is 11.5 Å². The minimum absolute atomic E-state index is 0.0342. The molecular formula is C47H51ClN8O7S. The number of nitrogens with zero attached hydrogens (tertiary/aromatic N) is 5. The van der Waals surface area contributed by atoms with Gasteiger partial charge in [0.15, 0.2) is 0 Å². The number of halogens is 1. The van der Waals surface area contributed by atoms with Gasteiger partial charge in [-0.15, -0.1) is 0 Å². The maximum atomic E-state index is 14.0. The van der Waals surface area contributed by atoms with E-state index < -0.39 is 31.4 Å². The molecule has 10 rings (SSSR count). The lowest BCUT2D eigenvalue weighted by molar-refractivity contribution is -0.384. The van der Waals surface area contributed by atoms with Crippen molar-refractivity contribution in [3.8, 4) is 11.5 Å². The summed E-state index contributed by atoms with van der Waals surface area (Å²) in [4.78, 5) is 39.7. The summed E-state index contributed by atoms with van der Waals surface area (Å²) in [5.74, 6) is -0.463.